The number of para-hydroxylation sites is 2. The Kier molecular flexibility index (Phi) is 8.17. The molecule has 0 saturated heterocycles. The molecule has 1 unspecified atom stereocenters. The molecule has 0 aromatic heterocycles. The van der Waals surface area contributed by atoms with E-state index in [2.05, 4.69) is 254 Å². The molecule has 0 bridgehead atoms. The van der Waals surface area contributed by atoms with Crippen molar-refractivity contribution in [2.75, 3.05) is 4.90 Å². The zero-order valence-electron chi connectivity index (χ0n) is 37.4. The summed E-state index contributed by atoms with van der Waals surface area (Å²) in [6.45, 7) is 0. The second-order valence-corrected chi connectivity index (χ2v) is 19.7. The van der Waals surface area contributed by atoms with E-state index >= 15 is 0 Å². The maximum atomic E-state index is 6.76. The highest BCUT2D eigenvalue weighted by Crippen LogP contribution is 2.67. The molecular formula is C66H41NOS. The molecular weight excluding hydrogens is 855 g/mol. The van der Waals surface area contributed by atoms with Gasteiger partial charge in [-0.3, -0.25) is 0 Å². The Bertz CT molecular complexity index is 3880. The number of benzene rings is 11. The first-order valence-electron chi connectivity index (χ1n) is 23.8. The van der Waals surface area contributed by atoms with E-state index in [4.69, 9.17) is 4.74 Å². The van der Waals surface area contributed by atoms with Gasteiger partial charge in [-0.2, -0.15) is 0 Å². The summed E-state index contributed by atoms with van der Waals surface area (Å²) in [5.74, 6) is 1.78. The van der Waals surface area contributed by atoms with Crippen molar-refractivity contribution in [1.29, 1.82) is 0 Å². The van der Waals surface area contributed by atoms with Gasteiger partial charge >= 0.3 is 0 Å². The highest BCUT2D eigenvalue weighted by molar-refractivity contribution is 7.99. The molecule has 0 fully saturated rings. The Morgan fingerprint density at radius 2 is 0.783 bits per heavy atom. The molecule has 2 nitrogen and oxygen atoms in total. The molecule has 11 aromatic rings. The van der Waals surface area contributed by atoms with Crippen LogP contribution < -0.4 is 9.64 Å². The van der Waals surface area contributed by atoms with E-state index in [9.17, 15) is 0 Å². The van der Waals surface area contributed by atoms with Crippen molar-refractivity contribution in [3.63, 3.8) is 0 Å². The van der Waals surface area contributed by atoms with Gasteiger partial charge in [0.15, 0.2) is 0 Å². The Labute approximate surface area is 405 Å². The summed E-state index contributed by atoms with van der Waals surface area (Å²) in [7, 11) is 0. The minimum Gasteiger partial charge on any atom is -0.457 e. The molecule has 0 amide bonds. The predicted octanol–water partition coefficient (Wildman–Crippen LogP) is 17.3. The van der Waals surface area contributed by atoms with Gasteiger partial charge in [0.05, 0.1) is 22.2 Å². The molecule has 322 valence electrons. The second kappa shape index (κ2) is 14.6. The molecule has 2 heterocycles. The van der Waals surface area contributed by atoms with Crippen molar-refractivity contribution in [3.8, 4) is 44.9 Å². The van der Waals surface area contributed by atoms with Gasteiger partial charge < -0.3 is 9.64 Å². The fraction of sp³-hybridized carbons (Fsp3) is 0.0303. The van der Waals surface area contributed by atoms with Gasteiger partial charge in [-0.15, -0.1) is 0 Å². The number of fused-ring (bicyclic) bond motifs is 19. The van der Waals surface area contributed by atoms with Crippen LogP contribution in [0.2, 0.25) is 0 Å². The molecule has 69 heavy (non-hydrogen) atoms. The van der Waals surface area contributed by atoms with Crippen LogP contribution in [0.25, 0.3) is 44.2 Å². The van der Waals surface area contributed by atoms with Gasteiger partial charge in [0.25, 0.3) is 0 Å². The molecule has 2 spiro atoms. The zero-order chi connectivity index (χ0) is 45.3. The minimum absolute atomic E-state index is 0.559. The van der Waals surface area contributed by atoms with Crippen molar-refractivity contribution < 1.29 is 4.74 Å². The van der Waals surface area contributed by atoms with Crippen LogP contribution >= 0.6 is 11.8 Å². The Balaban J connectivity index is 1.05. The van der Waals surface area contributed by atoms with Crippen LogP contribution in [0.4, 0.5) is 17.1 Å². The van der Waals surface area contributed by atoms with Crippen molar-refractivity contribution in [2.24, 2.45) is 0 Å². The lowest BCUT2D eigenvalue weighted by Gasteiger charge is -2.40. The van der Waals surface area contributed by atoms with Crippen molar-refractivity contribution in [3.05, 3.63) is 293 Å². The maximum Gasteiger partial charge on any atom is 0.132 e. The van der Waals surface area contributed by atoms with Crippen LogP contribution in [0, 0.1) is 0 Å². The van der Waals surface area contributed by atoms with E-state index < -0.39 is 10.8 Å². The first kappa shape index (κ1) is 38.7. The molecule has 2 aliphatic heterocycles. The maximum absolute atomic E-state index is 6.76. The lowest BCUT2D eigenvalue weighted by molar-refractivity contribution is 0.436. The second-order valence-electron chi connectivity index (χ2n) is 18.6. The van der Waals surface area contributed by atoms with Gasteiger partial charge in [-0.1, -0.05) is 206 Å². The molecule has 2 aliphatic carbocycles. The van der Waals surface area contributed by atoms with E-state index in [0.29, 0.717) is 0 Å². The molecule has 1 atom stereocenters. The van der Waals surface area contributed by atoms with E-state index in [1.165, 1.54) is 87.3 Å². The standard InChI is InChI=1S/C66H41NOS/c1-2-18-42(19-3-1)43-36-38-46(39-37-43)67(57-31-16-29-54-63(57)47-22-6-8-24-49(47)65(54)51-26-10-13-33-59(51)68-60-34-14-11-27-52(60)65)58-32-17-30-55-64(58)48-23-7-9-25-50(48)66(55)53-28-12-15-35-61(53)69-62-41-45-21-5-4-20-44(45)40-56(62)66/h1-41H. The molecule has 3 heteroatoms. The number of anilines is 3. The fourth-order valence-corrected chi connectivity index (χ4v) is 13.9. The number of hydrogen-bond acceptors (Lipinski definition) is 3. The van der Waals surface area contributed by atoms with Crippen molar-refractivity contribution >= 4 is 39.6 Å². The molecule has 15 rings (SSSR count). The van der Waals surface area contributed by atoms with E-state index in [1.54, 1.807) is 0 Å². The first-order chi connectivity index (χ1) is 34.2. The number of ether oxygens (including phenoxy) is 1. The summed E-state index contributed by atoms with van der Waals surface area (Å²) >= 11 is 1.90. The van der Waals surface area contributed by atoms with Crippen LogP contribution in [-0.2, 0) is 10.8 Å². The highest BCUT2D eigenvalue weighted by atomic mass is 32.2. The zero-order valence-corrected chi connectivity index (χ0v) is 38.3. The largest absolute Gasteiger partial charge is 0.457 e. The third-order valence-electron chi connectivity index (χ3n) is 15.4. The van der Waals surface area contributed by atoms with Gasteiger partial charge in [-0.05, 0) is 121 Å². The van der Waals surface area contributed by atoms with E-state index in [0.717, 1.165) is 39.7 Å². The molecule has 11 aromatic carbocycles. The van der Waals surface area contributed by atoms with Crippen molar-refractivity contribution in [2.45, 2.75) is 20.6 Å². The number of hydrogen-bond donors (Lipinski definition) is 0. The Morgan fingerprint density at radius 3 is 1.41 bits per heavy atom. The summed E-state index contributed by atoms with van der Waals surface area (Å²) in [6, 6.07) is 92.4. The van der Waals surface area contributed by atoms with Gasteiger partial charge in [-0.25, -0.2) is 0 Å². The number of nitrogens with zero attached hydrogens (tertiary/aromatic N) is 1. The normalized spacial score (nSPS) is 15.8. The molecule has 0 saturated carbocycles. The van der Waals surface area contributed by atoms with Gasteiger partial charge in [0.1, 0.15) is 11.5 Å². The third-order valence-corrected chi connectivity index (χ3v) is 16.5. The average molecular weight is 896 g/mol. The van der Waals surface area contributed by atoms with Gasteiger partial charge in [0, 0.05) is 37.7 Å². The first-order valence-corrected chi connectivity index (χ1v) is 24.6. The predicted molar refractivity (Wildman–Crippen MR) is 283 cm³/mol. The summed E-state index contributed by atoms with van der Waals surface area (Å²) in [5.41, 5.74) is 19.6. The number of rotatable bonds is 4. The fourth-order valence-electron chi connectivity index (χ4n) is 12.7. The average Bonchev–Trinajstić information content (AvgIpc) is 3.88. The van der Waals surface area contributed by atoms with E-state index in [-0.39, 0.29) is 0 Å². The Hall–Kier alpha value is -8.37. The summed E-state index contributed by atoms with van der Waals surface area (Å²) in [6.07, 6.45) is 0. The van der Waals surface area contributed by atoms with Crippen LogP contribution in [-0.4, -0.2) is 0 Å². The smallest absolute Gasteiger partial charge is 0.132 e. The lowest BCUT2D eigenvalue weighted by atomic mass is 9.66. The van der Waals surface area contributed by atoms with Crippen molar-refractivity contribution in [1.82, 2.24) is 0 Å². The topological polar surface area (TPSA) is 12.5 Å². The third kappa shape index (κ3) is 5.17. The Morgan fingerprint density at radius 1 is 0.319 bits per heavy atom. The van der Waals surface area contributed by atoms with Crippen LogP contribution in [0.3, 0.4) is 0 Å². The lowest BCUT2D eigenvalue weighted by Crippen LogP contribution is -2.32. The molecule has 0 radical (unpaired) electrons. The van der Waals surface area contributed by atoms with E-state index in [1.807, 2.05) is 11.8 Å². The summed E-state index contributed by atoms with van der Waals surface area (Å²) in [4.78, 5) is 5.16. The monoisotopic (exact) mass is 895 g/mol. The summed E-state index contributed by atoms with van der Waals surface area (Å²) in [5, 5.41) is 2.51. The molecule has 0 N–H and O–H groups in total. The SMILES string of the molecule is c1ccc(-c2ccc(N(c3cccc4c3-c3ccccc3C43c4ccccc4Oc4ccccc43)c3cccc4c3-c3ccccc3C43c4ccccc4Sc4cc5ccccc5cc43)cc2)cc1. The van der Waals surface area contributed by atoms with Crippen LogP contribution in [0.5, 0.6) is 11.5 Å². The highest BCUT2D eigenvalue weighted by Gasteiger charge is 2.54. The molecule has 4 aliphatic rings. The van der Waals surface area contributed by atoms with Crippen LogP contribution in [0.15, 0.2) is 259 Å². The van der Waals surface area contributed by atoms with Gasteiger partial charge in [0.2, 0.25) is 0 Å². The summed E-state index contributed by atoms with van der Waals surface area (Å²) < 4.78 is 6.76. The van der Waals surface area contributed by atoms with Crippen LogP contribution in [0.1, 0.15) is 44.5 Å². The quantitative estimate of drug-likeness (QED) is 0.175. The minimum atomic E-state index is -0.610.